The molecular formula is C12H20N2O. The molecule has 1 aliphatic heterocycles. The Morgan fingerprint density at radius 3 is 2.13 bits per heavy atom. The van der Waals surface area contributed by atoms with Gasteiger partial charge in [0.2, 0.25) is 0 Å². The van der Waals surface area contributed by atoms with E-state index >= 15 is 0 Å². The van der Waals surface area contributed by atoms with E-state index < -0.39 is 0 Å². The Balaban J connectivity index is 2.07. The maximum atomic E-state index is 9.49. The monoisotopic (exact) mass is 208 g/mol. The summed E-state index contributed by atoms with van der Waals surface area (Å²) in [7, 11) is 0. The maximum absolute atomic E-state index is 9.49. The van der Waals surface area contributed by atoms with Crippen LogP contribution in [0.3, 0.4) is 0 Å². The number of ether oxygens (including phenoxy) is 1. The van der Waals surface area contributed by atoms with E-state index in [0.29, 0.717) is 0 Å². The minimum atomic E-state index is -0.166. The predicted molar refractivity (Wildman–Crippen MR) is 58.4 cm³/mol. The molecule has 84 valence electrons. The van der Waals surface area contributed by atoms with Crippen molar-refractivity contribution in [1.82, 2.24) is 4.90 Å². The molecule has 0 bridgehead atoms. The summed E-state index contributed by atoms with van der Waals surface area (Å²) < 4.78 is 5.36. The summed E-state index contributed by atoms with van der Waals surface area (Å²) in [6, 6.07) is 2.60. The van der Waals surface area contributed by atoms with Crippen molar-refractivity contribution in [3.05, 3.63) is 0 Å². The first-order valence-corrected chi connectivity index (χ1v) is 6.11. The van der Waals surface area contributed by atoms with Gasteiger partial charge >= 0.3 is 0 Å². The molecule has 0 N–H and O–H groups in total. The van der Waals surface area contributed by atoms with Gasteiger partial charge in [-0.25, -0.2) is 0 Å². The Kier molecular flexibility index (Phi) is 3.61. The Morgan fingerprint density at radius 2 is 1.60 bits per heavy atom. The Morgan fingerprint density at radius 1 is 1.00 bits per heavy atom. The quantitative estimate of drug-likeness (QED) is 0.618. The van der Waals surface area contributed by atoms with E-state index in [9.17, 15) is 5.26 Å². The lowest BCUT2D eigenvalue weighted by molar-refractivity contribution is -0.00815. The molecule has 2 rings (SSSR count). The molecule has 1 saturated carbocycles. The molecule has 0 atom stereocenters. The van der Waals surface area contributed by atoms with Gasteiger partial charge in [0.15, 0.2) is 0 Å². The molecule has 1 saturated heterocycles. The third-order valence-corrected chi connectivity index (χ3v) is 3.76. The highest BCUT2D eigenvalue weighted by Crippen LogP contribution is 2.32. The fourth-order valence-electron chi connectivity index (χ4n) is 2.80. The van der Waals surface area contributed by atoms with Crippen LogP contribution in [0.5, 0.6) is 0 Å². The molecule has 0 aromatic carbocycles. The van der Waals surface area contributed by atoms with Crippen molar-refractivity contribution in [2.24, 2.45) is 0 Å². The van der Waals surface area contributed by atoms with Crippen LogP contribution in [-0.4, -0.2) is 36.7 Å². The van der Waals surface area contributed by atoms with E-state index in [1.807, 2.05) is 0 Å². The second-order valence-electron chi connectivity index (χ2n) is 4.66. The van der Waals surface area contributed by atoms with E-state index in [2.05, 4.69) is 11.0 Å². The van der Waals surface area contributed by atoms with Crippen LogP contribution >= 0.6 is 0 Å². The van der Waals surface area contributed by atoms with Crippen LogP contribution < -0.4 is 0 Å². The van der Waals surface area contributed by atoms with Gasteiger partial charge in [0.25, 0.3) is 0 Å². The van der Waals surface area contributed by atoms with E-state index in [1.165, 1.54) is 25.7 Å². The largest absolute Gasteiger partial charge is 0.379 e. The smallest absolute Gasteiger partial charge is 0.109 e. The molecule has 0 aromatic heterocycles. The van der Waals surface area contributed by atoms with Crippen LogP contribution in [0.25, 0.3) is 0 Å². The Bertz CT molecular complexity index is 232. The molecule has 1 aliphatic carbocycles. The van der Waals surface area contributed by atoms with Gasteiger partial charge in [-0.2, -0.15) is 5.26 Å². The normalized spacial score (nSPS) is 27.9. The molecule has 0 unspecified atom stereocenters. The molecule has 2 fully saturated rings. The van der Waals surface area contributed by atoms with Crippen molar-refractivity contribution in [2.45, 2.75) is 44.1 Å². The van der Waals surface area contributed by atoms with E-state index in [0.717, 1.165) is 39.1 Å². The van der Waals surface area contributed by atoms with Gasteiger partial charge in [-0.05, 0) is 12.8 Å². The maximum Gasteiger partial charge on any atom is 0.109 e. The van der Waals surface area contributed by atoms with Crippen molar-refractivity contribution >= 4 is 0 Å². The zero-order valence-corrected chi connectivity index (χ0v) is 9.37. The molecule has 3 heteroatoms. The summed E-state index contributed by atoms with van der Waals surface area (Å²) in [6.07, 6.45) is 7.14. The fraction of sp³-hybridized carbons (Fsp3) is 0.917. The molecule has 0 aromatic rings. The van der Waals surface area contributed by atoms with Crippen molar-refractivity contribution in [3.8, 4) is 6.07 Å². The summed E-state index contributed by atoms with van der Waals surface area (Å²) in [5, 5.41) is 9.49. The SMILES string of the molecule is N#CC1(N2CCOCC2)CCCCCC1. The van der Waals surface area contributed by atoms with Crippen LogP contribution in [-0.2, 0) is 4.74 Å². The molecular weight excluding hydrogens is 188 g/mol. The van der Waals surface area contributed by atoms with Crippen molar-refractivity contribution in [3.63, 3.8) is 0 Å². The topological polar surface area (TPSA) is 36.3 Å². The number of morpholine rings is 1. The van der Waals surface area contributed by atoms with Crippen LogP contribution in [0.4, 0.5) is 0 Å². The summed E-state index contributed by atoms with van der Waals surface area (Å²) in [5.41, 5.74) is -0.166. The first-order valence-electron chi connectivity index (χ1n) is 6.11. The van der Waals surface area contributed by atoms with Crippen molar-refractivity contribution < 1.29 is 4.74 Å². The lowest BCUT2D eigenvalue weighted by Gasteiger charge is -2.40. The van der Waals surface area contributed by atoms with Crippen molar-refractivity contribution in [2.75, 3.05) is 26.3 Å². The van der Waals surface area contributed by atoms with Crippen molar-refractivity contribution in [1.29, 1.82) is 5.26 Å². The zero-order valence-electron chi connectivity index (χ0n) is 9.37. The zero-order chi connectivity index (χ0) is 10.6. The van der Waals surface area contributed by atoms with Gasteiger partial charge in [0.05, 0.1) is 19.3 Å². The minimum absolute atomic E-state index is 0.166. The lowest BCUT2D eigenvalue weighted by atomic mass is 9.89. The van der Waals surface area contributed by atoms with Crippen LogP contribution in [0.1, 0.15) is 38.5 Å². The third kappa shape index (κ3) is 2.32. The van der Waals surface area contributed by atoms with Gasteiger partial charge in [-0.3, -0.25) is 4.90 Å². The summed E-state index contributed by atoms with van der Waals surface area (Å²) in [4.78, 5) is 2.36. The van der Waals surface area contributed by atoms with Gasteiger partial charge in [-0.15, -0.1) is 0 Å². The molecule has 0 spiro atoms. The molecule has 3 nitrogen and oxygen atoms in total. The third-order valence-electron chi connectivity index (χ3n) is 3.76. The Labute approximate surface area is 92.0 Å². The fourth-order valence-corrected chi connectivity index (χ4v) is 2.80. The first-order chi connectivity index (χ1) is 7.37. The lowest BCUT2D eigenvalue weighted by Crippen LogP contribution is -2.52. The van der Waals surface area contributed by atoms with Crippen LogP contribution in [0.2, 0.25) is 0 Å². The number of hydrogen-bond donors (Lipinski definition) is 0. The van der Waals surface area contributed by atoms with E-state index in [-0.39, 0.29) is 5.54 Å². The van der Waals surface area contributed by atoms with Crippen LogP contribution in [0.15, 0.2) is 0 Å². The molecule has 15 heavy (non-hydrogen) atoms. The highest BCUT2D eigenvalue weighted by atomic mass is 16.5. The van der Waals surface area contributed by atoms with Gasteiger partial charge in [0, 0.05) is 13.1 Å². The summed E-state index contributed by atoms with van der Waals surface area (Å²) in [6.45, 7) is 3.47. The second-order valence-corrected chi connectivity index (χ2v) is 4.66. The average Bonchev–Trinajstić information content (AvgIpc) is 2.56. The van der Waals surface area contributed by atoms with E-state index in [1.54, 1.807) is 0 Å². The summed E-state index contributed by atoms with van der Waals surface area (Å²) >= 11 is 0. The van der Waals surface area contributed by atoms with E-state index in [4.69, 9.17) is 4.74 Å². The van der Waals surface area contributed by atoms with Gasteiger partial charge in [0.1, 0.15) is 5.54 Å². The van der Waals surface area contributed by atoms with Gasteiger partial charge in [-0.1, -0.05) is 25.7 Å². The molecule has 0 radical (unpaired) electrons. The highest BCUT2D eigenvalue weighted by Gasteiger charge is 2.37. The average molecular weight is 208 g/mol. The first kappa shape index (κ1) is 10.9. The standard InChI is InChI=1S/C12H20N2O/c13-11-12(5-3-1-2-4-6-12)14-7-9-15-10-8-14/h1-10H2. The number of rotatable bonds is 1. The van der Waals surface area contributed by atoms with Gasteiger partial charge < -0.3 is 4.74 Å². The summed E-state index contributed by atoms with van der Waals surface area (Å²) in [5.74, 6) is 0. The predicted octanol–water partition coefficient (Wildman–Crippen LogP) is 1.94. The molecule has 1 heterocycles. The Hall–Kier alpha value is -0.590. The molecule has 2 aliphatic rings. The number of hydrogen-bond acceptors (Lipinski definition) is 3. The highest BCUT2D eigenvalue weighted by molar-refractivity contribution is 5.09. The molecule has 0 amide bonds. The number of nitrogens with zero attached hydrogens (tertiary/aromatic N) is 2. The second kappa shape index (κ2) is 4.96. The van der Waals surface area contributed by atoms with Crippen LogP contribution in [0, 0.1) is 11.3 Å². The minimum Gasteiger partial charge on any atom is -0.379 e. The number of nitriles is 1.